The molecule has 0 radical (unpaired) electrons. The summed E-state index contributed by atoms with van der Waals surface area (Å²) in [6, 6.07) is 19.8. The van der Waals surface area contributed by atoms with Gasteiger partial charge in [-0.15, -0.1) is 0 Å². The first kappa shape index (κ1) is 15.9. The Morgan fingerprint density at radius 3 is 2.46 bits per heavy atom. The molecule has 2 aromatic carbocycles. The lowest BCUT2D eigenvalue weighted by Gasteiger charge is -2.22. The highest BCUT2D eigenvalue weighted by atomic mass is 15.2. The number of hydrogen-bond donors (Lipinski definition) is 1. The van der Waals surface area contributed by atoms with Gasteiger partial charge in [-0.2, -0.15) is 0 Å². The van der Waals surface area contributed by atoms with Crippen LogP contribution in [0.25, 0.3) is 11.1 Å². The average Bonchev–Trinajstić information content (AvgIpc) is 3.26. The van der Waals surface area contributed by atoms with E-state index in [4.69, 9.17) is 0 Å². The lowest BCUT2D eigenvalue weighted by Crippen LogP contribution is -2.29. The molecular weight excluding hydrogens is 292 g/mol. The third-order valence-electron chi connectivity index (χ3n) is 5.85. The number of likely N-dealkylation sites (tertiary alicyclic amines) is 1. The van der Waals surface area contributed by atoms with Gasteiger partial charge in [0.2, 0.25) is 0 Å². The van der Waals surface area contributed by atoms with Gasteiger partial charge >= 0.3 is 0 Å². The summed E-state index contributed by atoms with van der Waals surface area (Å²) < 4.78 is 0. The van der Waals surface area contributed by atoms with Crippen molar-refractivity contribution in [3.05, 3.63) is 60.2 Å². The van der Waals surface area contributed by atoms with Gasteiger partial charge < -0.3 is 10.2 Å². The molecule has 1 spiro atoms. The summed E-state index contributed by atoms with van der Waals surface area (Å²) in [5.41, 5.74) is 4.69. The van der Waals surface area contributed by atoms with Crippen LogP contribution in [0.3, 0.4) is 0 Å². The van der Waals surface area contributed by atoms with Gasteiger partial charge in [-0.05, 0) is 67.4 Å². The number of nitrogens with zero attached hydrogens (tertiary/aromatic N) is 1. The van der Waals surface area contributed by atoms with Crippen LogP contribution in [0.5, 0.6) is 0 Å². The van der Waals surface area contributed by atoms with Crippen molar-refractivity contribution in [2.24, 2.45) is 5.41 Å². The van der Waals surface area contributed by atoms with Crippen LogP contribution in [0.1, 0.15) is 24.8 Å². The second-order valence-electron chi connectivity index (χ2n) is 7.62. The van der Waals surface area contributed by atoms with Crippen LogP contribution in [0.15, 0.2) is 54.6 Å². The Kier molecular flexibility index (Phi) is 4.68. The van der Waals surface area contributed by atoms with Crippen LogP contribution in [0.2, 0.25) is 0 Å². The summed E-state index contributed by atoms with van der Waals surface area (Å²) in [7, 11) is 0. The van der Waals surface area contributed by atoms with Crippen molar-refractivity contribution >= 4 is 0 Å². The molecule has 1 atom stereocenters. The second-order valence-corrected chi connectivity index (χ2v) is 7.62. The molecule has 1 unspecified atom stereocenters. The number of benzene rings is 2. The SMILES string of the molecule is c1ccc(-c2ccc(CCCN3CCC4(CCNC4)C3)cc2)cc1. The molecule has 2 nitrogen and oxygen atoms in total. The summed E-state index contributed by atoms with van der Waals surface area (Å²) in [5.74, 6) is 0. The minimum absolute atomic E-state index is 0.608. The predicted octanol–water partition coefficient (Wildman–Crippen LogP) is 3.97. The number of aryl methyl sites for hydroxylation is 1. The number of nitrogens with one attached hydrogen (secondary N) is 1. The van der Waals surface area contributed by atoms with Crippen molar-refractivity contribution < 1.29 is 0 Å². The molecule has 0 aromatic heterocycles. The smallest absolute Gasteiger partial charge is 0.00511 e. The van der Waals surface area contributed by atoms with Crippen molar-refractivity contribution in [3.8, 4) is 11.1 Å². The molecule has 0 saturated carbocycles. The van der Waals surface area contributed by atoms with Gasteiger partial charge in [0, 0.05) is 13.1 Å². The Morgan fingerprint density at radius 1 is 0.917 bits per heavy atom. The number of rotatable bonds is 5. The first-order valence-corrected chi connectivity index (χ1v) is 9.41. The fraction of sp³-hybridized carbons (Fsp3) is 0.455. The van der Waals surface area contributed by atoms with Crippen LogP contribution < -0.4 is 5.32 Å². The molecule has 2 aliphatic rings. The van der Waals surface area contributed by atoms with E-state index in [0.29, 0.717) is 5.41 Å². The van der Waals surface area contributed by atoms with Gasteiger partial charge in [0.25, 0.3) is 0 Å². The summed E-state index contributed by atoms with van der Waals surface area (Å²) in [6.07, 6.45) is 5.24. The van der Waals surface area contributed by atoms with Crippen LogP contribution in [0, 0.1) is 5.41 Å². The zero-order chi connectivity index (χ0) is 16.2. The molecule has 2 heterocycles. The van der Waals surface area contributed by atoms with E-state index in [0.717, 1.165) is 0 Å². The van der Waals surface area contributed by atoms with Gasteiger partial charge in [0.15, 0.2) is 0 Å². The fourth-order valence-corrected chi connectivity index (χ4v) is 4.36. The Hall–Kier alpha value is -1.64. The first-order valence-electron chi connectivity index (χ1n) is 9.41. The molecule has 126 valence electrons. The van der Waals surface area contributed by atoms with Crippen LogP contribution in [-0.4, -0.2) is 37.6 Å². The molecule has 0 aliphatic carbocycles. The maximum absolute atomic E-state index is 3.55. The second kappa shape index (κ2) is 7.08. The molecule has 2 heteroatoms. The normalized spacial score (nSPS) is 24.0. The predicted molar refractivity (Wildman–Crippen MR) is 101 cm³/mol. The van der Waals surface area contributed by atoms with Gasteiger partial charge in [-0.3, -0.25) is 0 Å². The molecule has 24 heavy (non-hydrogen) atoms. The molecule has 2 aliphatic heterocycles. The van der Waals surface area contributed by atoms with E-state index in [-0.39, 0.29) is 0 Å². The molecule has 2 fully saturated rings. The van der Waals surface area contributed by atoms with E-state index in [1.807, 2.05) is 0 Å². The van der Waals surface area contributed by atoms with E-state index in [1.54, 1.807) is 0 Å². The van der Waals surface area contributed by atoms with Gasteiger partial charge in [-0.1, -0.05) is 54.6 Å². The van der Waals surface area contributed by atoms with Crippen molar-refractivity contribution in [2.45, 2.75) is 25.7 Å². The quantitative estimate of drug-likeness (QED) is 0.897. The summed E-state index contributed by atoms with van der Waals surface area (Å²) in [6.45, 7) is 6.33. The minimum atomic E-state index is 0.608. The zero-order valence-electron chi connectivity index (χ0n) is 14.5. The molecule has 2 saturated heterocycles. The van der Waals surface area contributed by atoms with Crippen molar-refractivity contribution in [1.29, 1.82) is 0 Å². The average molecular weight is 320 g/mol. The topological polar surface area (TPSA) is 15.3 Å². The van der Waals surface area contributed by atoms with Crippen molar-refractivity contribution in [2.75, 3.05) is 32.7 Å². The summed E-state index contributed by atoms with van der Waals surface area (Å²) >= 11 is 0. The van der Waals surface area contributed by atoms with E-state index >= 15 is 0 Å². The molecule has 0 bridgehead atoms. The van der Waals surface area contributed by atoms with Crippen molar-refractivity contribution in [3.63, 3.8) is 0 Å². The highest BCUT2D eigenvalue weighted by Crippen LogP contribution is 2.35. The minimum Gasteiger partial charge on any atom is -0.316 e. The molecular formula is C22H28N2. The molecule has 2 aromatic rings. The maximum Gasteiger partial charge on any atom is 0.00511 e. The standard InChI is InChI=1S/C22H28N2/c1-2-6-20(7-3-1)21-10-8-19(9-11-21)5-4-15-24-16-13-22(18-24)12-14-23-17-22/h1-3,6-11,23H,4-5,12-18H2. The van der Waals surface area contributed by atoms with Gasteiger partial charge in [-0.25, -0.2) is 0 Å². The zero-order valence-corrected chi connectivity index (χ0v) is 14.5. The van der Waals surface area contributed by atoms with Crippen LogP contribution in [0.4, 0.5) is 0 Å². The van der Waals surface area contributed by atoms with Crippen LogP contribution in [-0.2, 0) is 6.42 Å². The molecule has 4 rings (SSSR count). The summed E-state index contributed by atoms with van der Waals surface area (Å²) in [5, 5.41) is 3.55. The number of hydrogen-bond acceptors (Lipinski definition) is 2. The van der Waals surface area contributed by atoms with Crippen LogP contribution >= 0.6 is 0 Å². The Balaban J connectivity index is 1.26. The first-order chi connectivity index (χ1) is 11.8. The van der Waals surface area contributed by atoms with E-state index < -0.39 is 0 Å². The Morgan fingerprint density at radius 2 is 1.71 bits per heavy atom. The largest absolute Gasteiger partial charge is 0.316 e. The van der Waals surface area contributed by atoms with Gasteiger partial charge in [0.05, 0.1) is 0 Å². The monoisotopic (exact) mass is 320 g/mol. The lowest BCUT2D eigenvalue weighted by molar-refractivity contribution is 0.272. The van der Waals surface area contributed by atoms with E-state index in [9.17, 15) is 0 Å². The van der Waals surface area contributed by atoms with Gasteiger partial charge in [0.1, 0.15) is 0 Å². The van der Waals surface area contributed by atoms with E-state index in [2.05, 4.69) is 64.8 Å². The van der Waals surface area contributed by atoms with Crippen molar-refractivity contribution in [1.82, 2.24) is 10.2 Å². The van der Waals surface area contributed by atoms with E-state index in [1.165, 1.54) is 75.1 Å². The Labute approximate surface area is 145 Å². The molecule has 0 amide bonds. The highest BCUT2D eigenvalue weighted by Gasteiger charge is 2.39. The lowest BCUT2D eigenvalue weighted by atomic mass is 9.87. The third-order valence-corrected chi connectivity index (χ3v) is 5.85. The third kappa shape index (κ3) is 3.55. The maximum atomic E-state index is 3.55. The fourth-order valence-electron chi connectivity index (χ4n) is 4.36. The summed E-state index contributed by atoms with van der Waals surface area (Å²) in [4.78, 5) is 2.69. The Bertz CT molecular complexity index is 641. The molecule has 1 N–H and O–H groups in total. The highest BCUT2D eigenvalue weighted by molar-refractivity contribution is 5.63.